The molecule has 0 aliphatic heterocycles. The molecule has 54 valence electrons. The Kier molecular flexibility index (Phi) is 4.58. The van der Waals surface area contributed by atoms with Crippen molar-refractivity contribution >= 4 is 17.0 Å². The van der Waals surface area contributed by atoms with E-state index >= 15 is 0 Å². The lowest BCUT2D eigenvalue weighted by Crippen LogP contribution is -2.08. The monoisotopic (exact) mass is 147 g/mol. The molecule has 0 spiro atoms. The maximum Gasteiger partial charge on any atom is 0.0582 e. The van der Waals surface area contributed by atoms with Crippen molar-refractivity contribution in [2.75, 3.05) is 11.5 Å². The first kappa shape index (κ1) is 8.82. The maximum atomic E-state index is 10.8. The lowest BCUT2D eigenvalue weighted by atomic mass is 10.3. The van der Waals surface area contributed by atoms with Crippen LogP contribution in [0.25, 0.3) is 0 Å². The standard InChI is InChI=1S/C6H13NOS/c1-6(2)5-9(8)4-3-7/h3,6-7H,4-5H2,1-2H3. The Morgan fingerprint density at radius 2 is 2.22 bits per heavy atom. The highest BCUT2D eigenvalue weighted by atomic mass is 32.2. The van der Waals surface area contributed by atoms with Gasteiger partial charge < -0.3 is 5.41 Å². The highest BCUT2D eigenvalue weighted by Crippen LogP contribution is 1.94. The van der Waals surface area contributed by atoms with Gasteiger partial charge in [-0.15, -0.1) is 0 Å². The van der Waals surface area contributed by atoms with Gasteiger partial charge in [0.15, 0.2) is 0 Å². The van der Waals surface area contributed by atoms with Crippen molar-refractivity contribution in [3.63, 3.8) is 0 Å². The Balaban J connectivity index is 3.38. The van der Waals surface area contributed by atoms with Crippen LogP contribution in [0.2, 0.25) is 0 Å². The van der Waals surface area contributed by atoms with Crippen LogP contribution in [0.1, 0.15) is 13.8 Å². The van der Waals surface area contributed by atoms with Gasteiger partial charge in [0.1, 0.15) is 0 Å². The minimum Gasteiger partial charge on any atom is -0.312 e. The molecule has 1 atom stereocenters. The van der Waals surface area contributed by atoms with Crippen molar-refractivity contribution in [3.8, 4) is 0 Å². The fourth-order valence-electron chi connectivity index (χ4n) is 0.533. The van der Waals surface area contributed by atoms with Crippen LogP contribution in [-0.4, -0.2) is 21.9 Å². The van der Waals surface area contributed by atoms with E-state index in [0.717, 1.165) is 5.75 Å². The number of nitrogens with one attached hydrogen (secondary N) is 1. The number of hydrogen-bond donors (Lipinski definition) is 1. The summed E-state index contributed by atoms with van der Waals surface area (Å²) >= 11 is 0. The summed E-state index contributed by atoms with van der Waals surface area (Å²) in [5, 5.41) is 6.66. The van der Waals surface area contributed by atoms with E-state index in [4.69, 9.17) is 5.41 Å². The molecule has 0 saturated carbocycles. The van der Waals surface area contributed by atoms with Crippen LogP contribution in [0.5, 0.6) is 0 Å². The highest BCUT2D eigenvalue weighted by Gasteiger charge is 1.99. The van der Waals surface area contributed by atoms with Crippen LogP contribution in [0, 0.1) is 11.3 Å². The molecule has 0 radical (unpaired) electrons. The van der Waals surface area contributed by atoms with Crippen LogP contribution in [0.3, 0.4) is 0 Å². The fourth-order valence-corrected chi connectivity index (χ4v) is 1.60. The molecule has 0 heterocycles. The van der Waals surface area contributed by atoms with Crippen LogP contribution < -0.4 is 0 Å². The largest absolute Gasteiger partial charge is 0.312 e. The van der Waals surface area contributed by atoms with E-state index in [-0.39, 0.29) is 0 Å². The Labute approximate surface area is 58.6 Å². The first-order valence-corrected chi connectivity index (χ1v) is 4.49. The third kappa shape index (κ3) is 5.69. The third-order valence-corrected chi connectivity index (χ3v) is 2.37. The smallest absolute Gasteiger partial charge is 0.0582 e. The average Bonchev–Trinajstić information content (AvgIpc) is 1.63. The molecular weight excluding hydrogens is 134 g/mol. The second kappa shape index (κ2) is 4.68. The van der Waals surface area contributed by atoms with Gasteiger partial charge in [-0.1, -0.05) is 13.8 Å². The van der Waals surface area contributed by atoms with Crippen LogP contribution >= 0.6 is 0 Å². The summed E-state index contributed by atoms with van der Waals surface area (Å²) in [6.45, 7) is 4.06. The molecule has 0 aromatic rings. The molecule has 0 fully saturated rings. The average molecular weight is 147 g/mol. The summed E-state index contributed by atoms with van der Waals surface area (Å²) in [6, 6.07) is 0. The van der Waals surface area contributed by atoms with Gasteiger partial charge >= 0.3 is 0 Å². The summed E-state index contributed by atoms with van der Waals surface area (Å²) < 4.78 is 10.8. The zero-order valence-corrected chi connectivity index (χ0v) is 6.70. The normalized spacial score (nSPS) is 13.7. The SMILES string of the molecule is CC(C)CS(=O)CC=N. The van der Waals surface area contributed by atoms with Gasteiger partial charge in [0.05, 0.1) is 5.75 Å². The van der Waals surface area contributed by atoms with Gasteiger partial charge in [-0.3, -0.25) is 4.21 Å². The summed E-state index contributed by atoms with van der Waals surface area (Å²) in [4.78, 5) is 0. The molecule has 0 saturated heterocycles. The molecule has 0 aromatic carbocycles. The zero-order valence-electron chi connectivity index (χ0n) is 5.89. The second-order valence-corrected chi connectivity index (χ2v) is 3.92. The number of hydrogen-bond acceptors (Lipinski definition) is 2. The summed E-state index contributed by atoms with van der Waals surface area (Å²) in [7, 11) is -0.793. The molecule has 0 aromatic heterocycles. The first-order valence-electron chi connectivity index (χ1n) is 3.00. The molecule has 9 heavy (non-hydrogen) atoms. The van der Waals surface area contributed by atoms with E-state index in [9.17, 15) is 4.21 Å². The molecule has 0 rings (SSSR count). The predicted octanol–water partition coefficient (Wildman–Crippen LogP) is 1.04. The van der Waals surface area contributed by atoms with Crippen molar-refractivity contribution in [1.82, 2.24) is 0 Å². The van der Waals surface area contributed by atoms with E-state index < -0.39 is 10.8 Å². The molecular formula is C6H13NOS. The van der Waals surface area contributed by atoms with Crippen molar-refractivity contribution in [3.05, 3.63) is 0 Å². The van der Waals surface area contributed by atoms with Gasteiger partial charge in [0, 0.05) is 22.8 Å². The number of rotatable bonds is 4. The lowest BCUT2D eigenvalue weighted by molar-refractivity contribution is 0.667. The zero-order chi connectivity index (χ0) is 7.28. The van der Waals surface area contributed by atoms with Crippen molar-refractivity contribution in [2.45, 2.75) is 13.8 Å². The second-order valence-electron chi connectivity index (χ2n) is 2.37. The molecule has 2 nitrogen and oxygen atoms in total. The fraction of sp³-hybridized carbons (Fsp3) is 0.833. The Hall–Kier alpha value is -0.180. The van der Waals surface area contributed by atoms with Crippen LogP contribution in [0.15, 0.2) is 0 Å². The van der Waals surface area contributed by atoms with Crippen molar-refractivity contribution in [2.24, 2.45) is 5.92 Å². The van der Waals surface area contributed by atoms with Gasteiger partial charge in [0.2, 0.25) is 0 Å². The van der Waals surface area contributed by atoms with Gasteiger partial charge in [-0.25, -0.2) is 0 Å². The van der Waals surface area contributed by atoms with Gasteiger partial charge in [-0.05, 0) is 5.92 Å². The Morgan fingerprint density at radius 3 is 2.56 bits per heavy atom. The lowest BCUT2D eigenvalue weighted by Gasteiger charge is -2.00. The minimum absolute atomic E-state index is 0.415. The van der Waals surface area contributed by atoms with Gasteiger partial charge in [-0.2, -0.15) is 0 Å². The molecule has 1 N–H and O–H groups in total. The molecule has 0 amide bonds. The van der Waals surface area contributed by atoms with Gasteiger partial charge in [0.25, 0.3) is 0 Å². The summed E-state index contributed by atoms with van der Waals surface area (Å²) in [5.41, 5.74) is 0. The molecule has 0 aliphatic rings. The van der Waals surface area contributed by atoms with E-state index in [0.29, 0.717) is 11.7 Å². The Bertz CT molecular complexity index is 112. The van der Waals surface area contributed by atoms with E-state index in [1.54, 1.807) is 0 Å². The summed E-state index contributed by atoms with van der Waals surface area (Å²) in [6.07, 6.45) is 1.21. The van der Waals surface area contributed by atoms with E-state index in [1.165, 1.54) is 6.21 Å². The molecule has 1 unspecified atom stereocenters. The van der Waals surface area contributed by atoms with Crippen molar-refractivity contribution in [1.29, 1.82) is 5.41 Å². The van der Waals surface area contributed by atoms with Crippen LogP contribution in [-0.2, 0) is 10.8 Å². The highest BCUT2D eigenvalue weighted by molar-refractivity contribution is 7.85. The molecule has 3 heteroatoms. The predicted molar refractivity (Wildman–Crippen MR) is 41.5 cm³/mol. The molecule has 0 bridgehead atoms. The van der Waals surface area contributed by atoms with Crippen molar-refractivity contribution < 1.29 is 4.21 Å². The minimum atomic E-state index is -0.793. The van der Waals surface area contributed by atoms with Crippen LogP contribution in [0.4, 0.5) is 0 Å². The maximum absolute atomic E-state index is 10.8. The quantitative estimate of drug-likeness (QED) is 0.593. The Morgan fingerprint density at radius 1 is 1.67 bits per heavy atom. The first-order chi connectivity index (χ1) is 4.16. The summed E-state index contributed by atoms with van der Waals surface area (Å²) in [5.74, 6) is 1.61. The van der Waals surface area contributed by atoms with E-state index in [1.807, 2.05) is 13.8 Å². The topological polar surface area (TPSA) is 40.9 Å². The van der Waals surface area contributed by atoms with E-state index in [2.05, 4.69) is 0 Å². The molecule has 0 aliphatic carbocycles. The third-order valence-electron chi connectivity index (χ3n) is 0.788.